The molecule has 4 heterocycles. The average Bonchev–Trinajstić information content (AvgIpc) is 3.41. The Morgan fingerprint density at radius 1 is 1.18 bits per heavy atom. The molecule has 2 N–H and O–H groups in total. The molecule has 1 aromatic carbocycles. The molecule has 0 spiro atoms. The van der Waals surface area contributed by atoms with Gasteiger partial charge in [-0.2, -0.15) is 0 Å². The third kappa shape index (κ3) is 3.16. The number of morpholine rings is 1. The Balaban J connectivity index is 1.40. The smallest absolute Gasteiger partial charge is 0.256 e. The summed E-state index contributed by atoms with van der Waals surface area (Å²) in [5.41, 5.74) is 5.03. The molecule has 5 rings (SSSR count). The van der Waals surface area contributed by atoms with Crippen LogP contribution in [0.5, 0.6) is 0 Å². The molecule has 2 aliphatic heterocycles. The van der Waals surface area contributed by atoms with Crippen LogP contribution in [0.3, 0.4) is 0 Å². The van der Waals surface area contributed by atoms with E-state index >= 15 is 0 Å². The van der Waals surface area contributed by atoms with Gasteiger partial charge in [0.2, 0.25) is 0 Å². The fraction of sp³-hybridized carbons (Fsp3) is 0.238. The quantitative estimate of drug-likeness (QED) is 0.717. The van der Waals surface area contributed by atoms with Gasteiger partial charge < -0.3 is 19.9 Å². The molecule has 1 saturated heterocycles. The summed E-state index contributed by atoms with van der Waals surface area (Å²) in [4.78, 5) is 22.4. The summed E-state index contributed by atoms with van der Waals surface area (Å²) in [6, 6.07) is 12.4. The standard InChI is InChI=1S/C21H20N4O2S/c26-21(25-6-8-27-9-7-25)20-24-18(13-28-20)17-12-23-19-16(17)10-15(11-22-19)14-4-2-1-3-5-14/h1-5,10-13,20,24H,6-9H2,(H,22,23). The summed E-state index contributed by atoms with van der Waals surface area (Å²) in [6.07, 6.45) is 3.83. The van der Waals surface area contributed by atoms with Crippen LogP contribution in [0.25, 0.3) is 27.9 Å². The van der Waals surface area contributed by atoms with Crippen molar-refractivity contribution in [2.45, 2.75) is 5.37 Å². The highest BCUT2D eigenvalue weighted by atomic mass is 32.2. The number of benzene rings is 1. The topological polar surface area (TPSA) is 70.2 Å². The van der Waals surface area contributed by atoms with Crippen LogP contribution in [0.4, 0.5) is 0 Å². The van der Waals surface area contributed by atoms with E-state index in [1.165, 1.54) is 11.8 Å². The number of hydrogen-bond acceptors (Lipinski definition) is 5. The molecule has 142 valence electrons. The van der Waals surface area contributed by atoms with E-state index in [0.717, 1.165) is 33.4 Å². The zero-order valence-corrected chi connectivity index (χ0v) is 16.0. The molecular weight excluding hydrogens is 372 g/mol. The Morgan fingerprint density at radius 2 is 2.00 bits per heavy atom. The average molecular weight is 392 g/mol. The van der Waals surface area contributed by atoms with Crippen molar-refractivity contribution in [3.05, 3.63) is 59.8 Å². The number of nitrogens with zero attached hydrogens (tertiary/aromatic N) is 2. The summed E-state index contributed by atoms with van der Waals surface area (Å²) >= 11 is 1.52. The van der Waals surface area contributed by atoms with Crippen molar-refractivity contribution in [2.24, 2.45) is 0 Å². The third-order valence-electron chi connectivity index (χ3n) is 5.08. The van der Waals surface area contributed by atoms with E-state index in [1.54, 1.807) is 0 Å². The number of rotatable bonds is 3. The predicted octanol–water partition coefficient (Wildman–Crippen LogP) is 3.05. The Morgan fingerprint density at radius 3 is 2.82 bits per heavy atom. The number of H-pyrrole nitrogens is 1. The number of amides is 1. The van der Waals surface area contributed by atoms with Crippen LogP contribution in [0.15, 0.2) is 54.2 Å². The first-order valence-corrected chi connectivity index (χ1v) is 10.3. The van der Waals surface area contributed by atoms with E-state index in [4.69, 9.17) is 4.74 Å². The minimum Gasteiger partial charge on any atom is -0.378 e. The van der Waals surface area contributed by atoms with Crippen molar-refractivity contribution >= 4 is 34.4 Å². The Labute approximate surface area is 167 Å². The maximum Gasteiger partial charge on any atom is 0.256 e. The van der Waals surface area contributed by atoms with E-state index in [-0.39, 0.29) is 11.3 Å². The van der Waals surface area contributed by atoms with Crippen LogP contribution >= 0.6 is 11.8 Å². The number of ether oxygens (including phenoxy) is 1. The molecule has 1 atom stereocenters. The van der Waals surface area contributed by atoms with Crippen LogP contribution < -0.4 is 5.32 Å². The fourth-order valence-corrected chi connectivity index (χ4v) is 4.50. The Bertz CT molecular complexity index is 1040. The summed E-state index contributed by atoms with van der Waals surface area (Å²) in [6.45, 7) is 2.54. The number of aromatic nitrogens is 2. The highest BCUT2D eigenvalue weighted by Crippen LogP contribution is 2.33. The molecule has 2 aliphatic rings. The molecule has 2 aromatic heterocycles. The first-order chi connectivity index (χ1) is 13.8. The van der Waals surface area contributed by atoms with Crippen LogP contribution in [0.2, 0.25) is 0 Å². The predicted molar refractivity (Wildman–Crippen MR) is 111 cm³/mol. The molecular formula is C21H20N4O2S. The van der Waals surface area contributed by atoms with Gasteiger partial charge in [-0.3, -0.25) is 4.79 Å². The minimum atomic E-state index is -0.289. The van der Waals surface area contributed by atoms with E-state index in [9.17, 15) is 4.79 Å². The Kier molecular flexibility index (Phi) is 4.54. The van der Waals surface area contributed by atoms with Crippen molar-refractivity contribution < 1.29 is 9.53 Å². The molecule has 0 aliphatic carbocycles. The van der Waals surface area contributed by atoms with Crippen LogP contribution in [-0.4, -0.2) is 52.5 Å². The summed E-state index contributed by atoms with van der Waals surface area (Å²) < 4.78 is 5.34. The van der Waals surface area contributed by atoms with Crippen molar-refractivity contribution in [1.82, 2.24) is 20.2 Å². The molecule has 0 radical (unpaired) electrons. The number of nitrogens with one attached hydrogen (secondary N) is 2. The van der Waals surface area contributed by atoms with Crippen molar-refractivity contribution in [1.29, 1.82) is 0 Å². The number of aromatic amines is 1. The maximum absolute atomic E-state index is 12.8. The lowest BCUT2D eigenvalue weighted by atomic mass is 10.1. The first kappa shape index (κ1) is 17.3. The largest absolute Gasteiger partial charge is 0.378 e. The molecule has 0 bridgehead atoms. The van der Waals surface area contributed by atoms with Crippen LogP contribution in [0, 0.1) is 0 Å². The number of pyridine rings is 1. The highest BCUT2D eigenvalue weighted by Gasteiger charge is 2.30. The second-order valence-electron chi connectivity index (χ2n) is 6.82. The third-order valence-corrected chi connectivity index (χ3v) is 6.05. The van der Waals surface area contributed by atoms with Crippen LogP contribution in [0.1, 0.15) is 5.56 Å². The molecule has 3 aromatic rings. The number of carbonyl (C=O) groups is 1. The lowest BCUT2D eigenvalue weighted by Gasteiger charge is -2.29. The van der Waals surface area contributed by atoms with Crippen molar-refractivity contribution in [3.8, 4) is 11.1 Å². The lowest BCUT2D eigenvalue weighted by Crippen LogP contribution is -2.47. The Hall–Kier alpha value is -2.77. The van der Waals surface area contributed by atoms with E-state index in [0.29, 0.717) is 26.3 Å². The molecule has 28 heavy (non-hydrogen) atoms. The second-order valence-corrected chi connectivity index (χ2v) is 7.80. The van der Waals surface area contributed by atoms with Crippen molar-refractivity contribution in [3.63, 3.8) is 0 Å². The summed E-state index contributed by atoms with van der Waals surface area (Å²) in [5, 5.41) is 6.17. The molecule has 1 fully saturated rings. The second kappa shape index (κ2) is 7.33. The monoisotopic (exact) mass is 392 g/mol. The highest BCUT2D eigenvalue weighted by molar-refractivity contribution is 8.03. The summed E-state index contributed by atoms with van der Waals surface area (Å²) in [5.74, 6) is 0.113. The molecule has 1 amide bonds. The van der Waals surface area contributed by atoms with E-state index in [1.807, 2.05) is 40.9 Å². The van der Waals surface area contributed by atoms with Gasteiger partial charge in [0.05, 0.1) is 18.9 Å². The van der Waals surface area contributed by atoms with Crippen molar-refractivity contribution in [2.75, 3.05) is 26.3 Å². The molecule has 1 unspecified atom stereocenters. The van der Waals surface area contributed by atoms with Gasteiger partial charge in [0.25, 0.3) is 5.91 Å². The van der Waals surface area contributed by atoms with Gasteiger partial charge >= 0.3 is 0 Å². The molecule has 7 heteroatoms. The fourth-order valence-electron chi connectivity index (χ4n) is 3.57. The van der Waals surface area contributed by atoms with Gasteiger partial charge in [0, 0.05) is 42.0 Å². The number of thioether (sulfide) groups is 1. The summed E-state index contributed by atoms with van der Waals surface area (Å²) in [7, 11) is 0. The van der Waals surface area contributed by atoms with E-state index in [2.05, 4.69) is 33.5 Å². The van der Waals surface area contributed by atoms with Gasteiger partial charge in [0.1, 0.15) is 5.65 Å². The number of hydrogen-bond donors (Lipinski definition) is 2. The SMILES string of the molecule is O=C(C1NC(c2c[nH]c3ncc(-c4ccccc4)cc23)=CS1)N1CCOCC1. The van der Waals surface area contributed by atoms with Gasteiger partial charge in [-0.25, -0.2) is 4.98 Å². The molecule has 6 nitrogen and oxygen atoms in total. The zero-order valence-electron chi connectivity index (χ0n) is 15.2. The van der Waals surface area contributed by atoms with Gasteiger partial charge in [-0.1, -0.05) is 42.1 Å². The normalized spacial score (nSPS) is 19.5. The van der Waals surface area contributed by atoms with Gasteiger partial charge in [0.15, 0.2) is 5.37 Å². The lowest BCUT2D eigenvalue weighted by molar-refractivity contribution is -0.134. The van der Waals surface area contributed by atoms with Gasteiger partial charge in [-0.05, 0) is 17.0 Å². The molecule has 0 saturated carbocycles. The minimum absolute atomic E-state index is 0.113. The maximum atomic E-state index is 12.8. The zero-order chi connectivity index (χ0) is 18.9. The van der Waals surface area contributed by atoms with Gasteiger partial charge in [-0.15, -0.1) is 0 Å². The number of carbonyl (C=O) groups excluding carboxylic acids is 1. The van der Waals surface area contributed by atoms with E-state index < -0.39 is 0 Å². The first-order valence-electron chi connectivity index (χ1n) is 9.31. The number of fused-ring (bicyclic) bond motifs is 1. The van der Waals surface area contributed by atoms with Crippen LogP contribution in [-0.2, 0) is 9.53 Å².